The Morgan fingerprint density at radius 3 is 2.48 bits per heavy atom. The molecular formula is C19H25N3O3S2. The lowest BCUT2D eigenvalue weighted by atomic mass is 10.1. The van der Waals surface area contributed by atoms with Crippen molar-refractivity contribution >= 4 is 33.0 Å². The van der Waals surface area contributed by atoms with Crippen LogP contribution in [0.5, 0.6) is 5.75 Å². The molecule has 2 aromatic carbocycles. The van der Waals surface area contributed by atoms with E-state index in [0.717, 1.165) is 16.9 Å². The van der Waals surface area contributed by atoms with Crippen LogP contribution in [0.1, 0.15) is 11.1 Å². The van der Waals surface area contributed by atoms with Crippen LogP contribution in [0.4, 0.5) is 5.69 Å². The van der Waals surface area contributed by atoms with Gasteiger partial charge in [0, 0.05) is 38.9 Å². The van der Waals surface area contributed by atoms with Crippen molar-refractivity contribution in [3.63, 3.8) is 0 Å². The molecule has 0 aliphatic heterocycles. The number of hydrogen-bond acceptors (Lipinski definition) is 4. The number of thiocarbonyl (C=S) groups is 1. The normalized spacial score (nSPS) is 11.3. The number of sulfonamides is 1. The monoisotopic (exact) mass is 407 g/mol. The van der Waals surface area contributed by atoms with Gasteiger partial charge in [0.1, 0.15) is 5.75 Å². The molecule has 0 saturated carbocycles. The summed E-state index contributed by atoms with van der Waals surface area (Å²) in [5, 5.41) is 3.58. The van der Waals surface area contributed by atoms with Gasteiger partial charge >= 0.3 is 0 Å². The van der Waals surface area contributed by atoms with E-state index >= 15 is 0 Å². The SMILES string of the molecule is COc1ccc(C)cc1CN(C)C(=S)Nc1cccc(S(=O)(=O)N(C)C)c1. The Hall–Kier alpha value is -2.16. The van der Waals surface area contributed by atoms with Crippen LogP contribution in [0, 0.1) is 6.92 Å². The van der Waals surface area contributed by atoms with Crippen molar-refractivity contribution in [3.05, 3.63) is 53.6 Å². The number of rotatable bonds is 6. The molecule has 8 heteroatoms. The maximum Gasteiger partial charge on any atom is 0.242 e. The summed E-state index contributed by atoms with van der Waals surface area (Å²) in [6.07, 6.45) is 0. The molecule has 0 fully saturated rings. The third-order valence-electron chi connectivity index (χ3n) is 4.05. The Kier molecular flexibility index (Phi) is 6.80. The highest BCUT2D eigenvalue weighted by Gasteiger charge is 2.18. The smallest absolute Gasteiger partial charge is 0.242 e. The first-order valence-electron chi connectivity index (χ1n) is 8.33. The van der Waals surface area contributed by atoms with Crippen LogP contribution in [0.2, 0.25) is 0 Å². The van der Waals surface area contributed by atoms with Gasteiger partial charge in [-0.05, 0) is 43.4 Å². The minimum atomic E-state index is -3.50. The van der Waals surface area contributed by atoms with Gasteiger partial charge < -0.3 is 15.0 Å². The highest BCUT2D eigenvalue weighted by atomic mass is 32.2. The Morgan fingerprint density at radius 1 is 1.15 bits per heavy atom. The van der Waals surface area contributed by atoms with Gasteiger partial charge in [-0.15, -0.1) is 0 Å². The van der Waals surface area contributed by atoms with Gasteiger partial charge in [-0.25, -0.2) is 12.7 Å². The van der Waals surface area contributed by atoms with Crippen molar-refractivity contribution in [2.45, 2.75) is 18.4 Å². The molecule has 0 spiro atoms. The van der Waals surface area contributed by atoms with Gasteiger partial charge in [0.25, 0.3) is 0 Å². The van der Waals surface area contributed by atoms with Crippen LogP contribution in [0.15, 0.2) is 47.4 Å². The van der Waals surface area contributed by atoms with Crippen molar-refractivity contribution in [3.8, 4) is 5.75 Å². The van der Waals surface area contributed by atoms with Gasteiger partial charge in [-0.3, -0.25) is 0 Å². The van der Waals surface area contributed by atoms with Gasteiger partial charge in [-0.2, -0.15) is 0 Å². The lowest BCUT2D eigenvalue weighted by Crippen LogP contribution is -2.31. The summed E-state index contributed by atoms with van der Waals surface area (Å²) in [5.74, 6) is 0.800. The summed E-state index contributed by atoms with van der Waals surface area (Å²) >= 11 is 5.47. The molecule has 0 bridgehead atoms. The highest BCUT2D eigenvalue weighted by Crippen LogP contribution is 2.22. The molecule has 0 aromatic heterocycles. The summed E-state index contributed by atoms with van der Waals surface area (Å²) in [7, 11) is 3.02. The fourth-order valence-corrected chi connectivity index (χ4v) is 3.65. The summed E-state index contributed by atoms with van der Waals surface area (Å²) in [5.41, 5.74) is 2.78. The summed E-state index contributed by atoms with van der Waals surface area (Å²) in [6.45, 7) is 2.59. The lowest BCUT2D eigenvalue weighted by molar-refractivity contribution is 0.399. The fourth-order valence-electron chi connectivity index (χ4n) is 2.52. The molecule has 0 atom stereocenters. The molecule has 6 nitrogen and oxygen atoms in total. The Bertz CT molecular complexity index is 928. The number of hydrogen-bond donors (Lipinski definition) is 1. The molecule has 146 valence electrons. The van der Waals surface area contributed by atoms with Crippen molar-refractivity contribution in [1.29, 1.82) is 0 Å². The molecule has 0 saturated heterocycles. The van der Waals surface area contributed by atoms with Gasteiger partial charge in [0.15, 0.2) is 5.11 Å². The zero-order valence-electron chi connectivity index (χ0n) is 16.2. The Morgan fingerprint density at radius 2 is 1.85 bits per heavy atom. The average molecular weight is 408 g/mol. The summed E-state index contributed by atoms with van der Waals surface area (Å²) in [4.78, 5) is 2.09. The summed E-state index contributed by atoms with van der Waals surface area (Å²) < 4.78 is 31.2. The first kappa shape index (κ1) is 21.1. The standard InChI is InChI=1S/C19H25N3O3S2/c1-14-9-10-18(25-5)15(11-14)13-22(4)19(26)20-16-7-6-8-17(12-16)27(23,24)21(2)3/h6-12H,13H2,1-5H3,(H,20,26). The van der Waals surface area contributed by atoms with Crippen LogP contribution in [-0.2, 0) is 16.6 Å². The molecule has 2 rings (SSSR count). The van der Waals surface area contributed by atoms with Crippen molar-refractivity contribution in [2.24, 2.45) is 0 Å². The summed E-state index contributed by atoms with van der Waals surface area (Å²) in [6, 6.07) is 12.6. The predicted molar refractivity (Wildman–Crippen MR) is 113 cm³/mol. The molecule has 0 aliphatic rings. The van der Waals surface area contributed by atoms with E-state index in [2.05, 4.69) is 11.4 Å². The zero-order chi connectivity index (χ0) is 20.2. The molecular weight excluding hydrogens is 382 g/mol. The Balaban J connectivity index is 2.15. The topological polar surface area (TPSA) is 61.9 Å². The molecule has 0 heterocycles. The van der Waals surface area contributed by atoms with Crippen LogP contribution >= 0.6 is 12.2 Å². The fraction of sp³-hybridized carbons (Fsp3) is 0.316. The van der Waals surface area contributed by atoms with E-state index in [1.165, 1.54) is 18.4 Å². The number of nitrogens with one attached hydrogen (secondary N) is 1. The number of benzene rings is 2. The maximum atomic E-state index is 12.3. The quantitative estimate of drug-likeness (QED) is 0.743. The highest BCUT2D eigenvalue weighted by molar-refractivity contribution is 7.89. The van der Waals surface area contributed by atoms with Crippen LogP contribution in [0.3, 0.4) is 0 Å². The second-order valence-electron chi connectivity index (χ2n) is 6.42. The molecule has 0 unspecified atom stereocenters. The van der Waals surface area contributed by atoms with E-state index in [4.69, 9.17) is 17.0 Å². The van der Waals surface area contributed by atoms with Crippen LogP contribution in [0.25, 0.3) is 0 Å². The van der Waals surface area contributed by atoms with E-state index < -0.39 is 10.0 Å². The lowest BCUT2D eigenvalue weighted by Gasteiger charge is -2.23. The minimum Gasteiger partial charge on any atom is -0.496 e. The predicted octanol–water partition coefficient (Wildman–Crippen LogP) is 3.08. The van der Waals surface area contributed by atoms with E-state index in [0.29, 0.717) is 17.3 Å². The number of methoxy groups -OCH3 is 1. The first-order chi connectivity index (χ1) is 12.6. The molecule has 27 heavy (non-hydrogen) atoms. The van der Waals surface area contributed by atoms with Crippen LogP contribution in [-0.4, -0.2) is 51.0 Å². The van der Waals surface area contributed by atoms with Gasteiger partial charge in [0.2, 0.25) is 10.0 Å². The third kappa shape index (κ3) is 5.18. The minimum absolute atomic E-state index is 0.211. The van der Waals surface area contributed by atoms with Gasteiger partial charge in [0.05, 0.1) is 12.0 Å². The van der Waals surface area contributed by atoms with Gasteiger partial charge in [-0.1, -0.05) is 23.8 Å². The van der Waals surface area contributed by atoms with Crippen molar-refractivity contribution in [2.75, 3.05) is 33.6 Å². The first-order valence-corrected chi connectivity index (χ1v) is 10.2. The number of anilines is 1. The molecule has 0 aliphatic carbocycles. The van der Waals surface area contributed by atoms with Crippen molar-refractivity contribution < 1.29 is 13.2 Å². The number of ether oxygens (including phenoxy) is 1. The van der Waals surface area contributed by atoms with Crippen molar-refractivity contribution in [1.82, 2.24) is 9.21 Å². The van der Waals surface area contributed by atoms with E-state index in [1.807, 2.05) is 31.0 Å². The number of nitrogens with zero attached hydrogens (tertiary/aromatic N) is 2. The second kappa shape index (κ2) is 8.69. The molecule has 0 radical (unpaired) electrons. The van der Waals surface area contributed by atoms with Crippen LogP contribution < -0.4 is 10.1 Å². The van der Waals surface area contributed by atoms with E-state index in [-0.39, 0.29) is 4.90 Å². The molecule has 0 amide bonds. The Labute approximate surface area is 166 Å². The van der Waals surface area contributed by atoms with E-state index in [9.17, 15) is 8.42 Å². The van der Waals surface area contributed by atoms with E-state index in [1.54, 1.807) is 31.4 Å². The average Bonchev–Trinajstić information content (AvgIpc) is 2.62. The molecule has 1 N–H and O–H groups in total. The number of aryl methyl sites for hydroxylation is 1. The largest absolute Gasteiger partial charge is 0.496 e. The second-order valence-corrected chi connectivity index (χ2v) is 8.96. The maximum absolute atomic E-state index is 12.3. The third-order valence-corrected chi connectivity index (χ3v) is 6.28. The zero-order valence-corrected chi connectivity index (χ0v) is 17.8. The molecule has 2 aromatic rings.